The van der Waals surface area contributed by atoms with Crippen molar-refractivity contribution in [3.8, 4) is 0 Å². The van der Waals surface area contributed by atoms with Gasteiger partial charge in [-0.05, 0) is 30.5 Å². The molecule has 0 nitrogen and oxygen atoms in total. The van der Waals surface area contributed by atoms with Gasteiger partial charge < -0.3 is 0 Å². The number of rotatable bonds is 4. The van der Waals surface area contributed by atoms with Gasteiger partial charge in [-0.1, -0.05) is 40.2 Å². The second kappa shape index (κ2) is 5.92. The lowest BCUT2D eigenvalue weighted by Gasteiger charge is -1.92. The highest BCUT2D eigenvalue weighted by atomic mass is 79.9. The maximum absolute atomic E-state index is 12.5. The smallest absolute Gasteiger partial charge is 0.123 e. The molecule has 0 aliphatic heterocycles. The minimum Gasteiger partial charge on any atom is -0.207 e. The summed E-state index contributed by atoms with van der Waals surface area (Å²) in [6.45, 7) is 0. The second-order valence-electron chi connectivity index (χ2n) is 2.79. The molecule has 0 saturated heterocycles. The minimum atomic E-state index is -0.183. The maximum Gasteiger partial charge on any atom is 0.123 e. The van der Waals surface area contributed by atoms with Crippen LogP contribution in [0.15, 0.2) is 30.3 Å². The van der Waals surface area contributed by atoms with Gasteiger partial charge in [0, 0.05) is 5.33 Å². The van der Waals surface area contributed by atoms with Crippen molar-refractivity contribution in [3.63, 3.8) is 0 Å². The Kier molecular flexibility index (Phi) is 4.76. The molecule has 0 aromatic heterocycles. The van der Waals surface area contributed by atoms with Crippen molar-refractivity contribution in [1.82, 2.24) is 0 Å². The fourth-order valence-corrected chi connectivity index (χ4v) is 1.31. The Hall–Kier alpha value is -0.630. The summed E-state index contributed by atoms with van der Waals surface area (Å²) in [6.07, 6.45) is 6.32. The molecule has 0 unspecified atom stereocenters. The van der Waals surface area contributed by atoms with E-state index in [1.165, 1.54) is 12.1 Å². The van der Waals surface area contributed by atoms with Crippen LogP contribution in [0.4, 0.5) is 4.39 Å². The zero-order valence-electron chi connectivity index (χ0n) is 7.34. The van der Waals surface area contributed by atoms with Crippen molar-refractivity contribution in [2.45, 2.75) is 12.8 Å². The van der Waals surface area contributed by atoms with E-state index in [2.05, 4.69) is 22.0 Å². The first-order valence-corrected chi connectivity index (χ1v) is 5.43. The van der Waals surface area contributed by atoms with Gasteiger partial charge in [0.15, 0.2) is 0 Å². The average Bonchev–Trinajstić information content (AvgIpc) is 2.15. The molecule has 0 heterocycles. The SMILES string of the molecule is Fc1ccc(/C=C/CCCBr)cc1. The summed E-state index contributed by atoms with van der Waals surface area (Å²) in [4.78, 5) is 0. The summed E-state index contributed by atoms with van der Waals surface area (Å²) in [5.41, 5.74) is 1.05. The van der Waals surface area contributed by atoms with Crippen LogP contribution in [0.5, 0.6) is 0 Å². The quantitative estimate of drug-likeness (QED) is 0.553. The van der Waals surface area contributed by atoms with Crippen LogP contribution in [0.1, 0.15) is 18.4 Å². The predicted octanol–water partition coefficient (Wildman–Crippen LogP) is 4.01. The first kappa shape index (κ1) is 10.5. The molecular weight excluding hydrogens is 231 g/mol. The number of alkyl halides is 1. The van der Waals surface area contributed by atoms with Gasteiger partial charge in [-0.2, -0.15) is 0 Å². The normalized spacial score (nSPS) is 10.9. The van der Waals surface area contributed by atoms with E-state index in [-0.39, 0.29) is 5.82 Å². The molecule has 0 aliphatic carbocycles. The van der Waals surface area contributed by atoms with E-state index in [1.807, 2.05) is 6.08 Å². The van der Waals surface area contributed by atoms with Crippen LogP contribution < -0.4 is 0 Å². The summed E-state index contributed by atoms with van der Waals surface area (Å²) in [7, 11) is 0. The van der Waals surface area contributed by atoms with Crippen LogP contribution in [0.3, 0.4) is 0 Å². The van der Waals surface area contributed by atoms with Crippen molar-refractivity contribution in [2.24, 2.45) is 0 Å². The molecule has 0 aliphatic rings. The summed E-state index contributed by atoms with van der Waals surface area (Å²) in [5, 5.41) is 1.03. The van der Waals surface area contributed by atoms with E-state index < -0.39 is 0 Å². The van der Waals surface area contributed by atoms with E-state index in [0.717, 1.165) is 23.7 Å². The highest BCUT2D eigenvalue weighted by Gasteiger charge is 1.87. The van der Waals surface area contributed by atoms with Crippen molar-refractivity contribution in [2.75, 3.05) is 5.33 Å². The van der Waals surface area contributed by atoms with Crippen LogP contribution in [0.25, 0.3) is 6.08 Å². The van der Waals surface area contributed by atoms with Gasteiger partial charge in [0.1, 0.15) is 5.82 Å². The van der Waals surface area contributed by atoms with E-state index in [0.29, 0.717) is 0 Å². The highest BCUT2D eigenvalue weighted by Crippen LogP contribution is 2.06. The molecule has 13 heavy (non-hydrogen) atoms. The van der Waals surface area contributed by atoms with Crippen LogP contribution in [0, 0.1) is 5.82 Å². The number of hydrogen-bond acceptors (Lipinski definition) is 0. The van der Waals surface area contributed by atoms with Crippen molar-refractivity contribution < 1.29 is 4.39 Å². The lowest BCUT2D eigenvalue weighted by Crippen LogP contribution is -1.75. The van der Waals surface area contributed by atoms with E-state index in [9.17, 15) is 4.39 Å². The molecule has 0 N–H and O–H groups in total. The van der Waals surface area contributed by atoms with Crippen molar-refractivity contribution >= 4 is 22.0 Å². The lowest BCUT2D eigenvalue weighted by atomic mass is 10.2. The topological polar surface area (TPSA) is 0 Å². The number of halogens is 2. The van der Waals surface area contributed by atoms with Gasteiger partial charge in [0.25, 0.3) is 0 Å². The highest BCUT2D eigenvalue weighted by molar-refractivity contribution is 9.09. The fourth-order valence-electron chi connectivity index (χ4n) is 0.988. The largest absolute Gasteiger partial charge is 0.207 e. The summed E-state index contributed by atoms with van der Waals surface area (Å²) in [5.74, 6) is -0.183. The van der Waals surface area contributed by atoms with Crippen molar-refractivity contribution in [3.05, 3.63) is 41.7 Å². The molecule has 0 fully saturated rings. The summed E-state index contributed by atoms with van der Waals surface area (Å²) in [6, 6.07) is 6.51. The zero-order chi connectivity index (χ0) is 9.52. The predicted molar refractivity (Wildman–Crippen MR) is 58.5 cm³/mol. The van der Waals surface area contributed by atoms with Crippen LogP contribution in [0.2, 0.25) is 0 Å². The number of unbranched alkanes of at least 4 members (excludes halogenated alkanes) is 1. The average molecular weight is 243 g/mol. The third-order valence-corrected chi connectivity index (χ3v) is 2.25. The molecular formula is C11H12BrF. The van der Waals surface area contributed by atoms with Gasteiger partial charge in [-0.25, -0.2) is 4.39 Å². The van der Waals surface area contributed by atoms with E-state index >= 15 is 0 Å². The van der Waals surface area contributed by atoms with Gasteiger partial charge in [-0.15, -0.1) is 0 Å². The Morgan fingerprint density at radius 3 is 2.54 bits per heavy atom. The minimum absolute atomic E-state index is 0.183. The monoisotopic (exact) mass is 242 g/mol. The molecule has 70 valence electrons. The van der Waals surface area contributed by atoms with Crippen LogP contribution >= 0.6 is 15.9 Å². The molecule has 2 heteroatoms. The van der Waals surface area contributed by atoms with Crippen LogP contribution in [-0.2, 0) is 0 Å². The Morgan fingerprint density at radius 1 is 1.23 bits per heavy atom. The first-order chi connectivity index (χ1) is 6.33. The molecule has 0 spiro atoms. The van der Waals surface area contributed by atoms with Crippen molar-refractivity contribution in [1.29, 1.82) is 0 Å². The van der Waals surface area contributed by atoms with Gasteiger partial charge >= 0.3 is 0 Å². The van der Waals surface area contributed by atoms with Gasteiger partial charge in [0.2, 0.25) is 0 Å². The molecule has 0 atom stereocenters. The molecule has 0 bridgehead atoms. The first-order valence-electron chi connectivity index (χ1n) is 4.31. The van der Waals surface area contributed by atoms with E-state index in [1.54, 1.807) is 12.1 Å². The Bertz CT molecular complexity index is 264. The van der Waals surface area contributed by atoms with Gasteiger partial charge in [-0.3, -0.25) is 0 Å². The second-order valence-corrected chi connectivity index (χ2v) is 3.58. The maximum atomic E-state index is 12.5. The molecule has 0 amide bonds. The number of benzene rings is 1. The molecule has 1 aromatic rings. The zero-order valence-corrected chi connectivity index (χ0v) is 8.93. The number of allylic oxidation sites excluding steroid dienone is 1. The molecule has 0 saturated carbocycles. The lowest BCUT2D eigenvalue weighted by molar-refractivity contribution is 0.628. The summed E-state index contributed by atoms with van der Waals surface area (Å²) >= 11 is 3.36. The third kappa shape index (κ3) is 4.23. The number of hydrogen-bond donors (Lipinski definition) is 0. The Balaban J connectivity index is 2.44. The summed E-state index contributed by atoms with van der Waals surface area (Å²) < 4.78 is 12.5. The Morgan fingerprint density at radius 2 is 1.92 bits per heavy atom. The molecule has 1 aromatic carbocycles. The molecule has 1 rings (SSSR count). The van der Waals surface area contributed by atoms with Crippen LogP contribution in [-0.4, -0.2) is 5.33 Å². The molecule has 0 radical (unpaired) electrons. The standard InChI is InChI=1S/C11H12BrF/c12-9-3-1-2-4-10-5-7-11(13)8-6-10/h2,4-8H,1,3,9H2/b4-2+. The fraction of sp³-hybridized carbons (Fsp3) is 0.273. The van der Waals surface area contributed by atoms with E-state index in [4.69, 9.17) is 0 Å². The van der Waals surface area contributed by atoms with Gasteiger partial charge in [0.05, 0.1) is 0 Å². The Labute approximate surface area is 86.6 Å². The third-order valence-electron chi connectivity index (χ3n) is 1.68.